The van der Waals surface area contributed by atoms with Crippen LogP contribution >= 0.6 is 0 Å². The summed E-state index contributed by atoms with van der Waals surface area (Å²) in [4.78, 5) is 25.4. The second-order valence-corrected chi connectivity index (χ2v) is 7.89. The van der Waals surface area contributed by atoms with Crippen LogP contribution in [0.4, 0.5) is 11.4 Å². The maximum Gasteiger partial charge on any atom is 0.262 e. The van der Waals surface area contributed by atoms with Gasteiger partial charge in [-0.25, -0.2) is 8.42 Å². The number of nitrogens with one attached hydrogen (secondary N) is 2. The topological polar surface area (TPSA) is 105 Å². The van der Waals surface area contributed by atoms with Gasteiger partial charge in [0.15, 0.2) is 0 Å². The van der Waals surface area contributed by atoms with Crippen LogP contribution in [-0.2, 0) is 14.8 Å². The standard InChI is InChI=1S/C20H25N3O5S/c1-5-23(6-2)20(25)15-8-7-9-16(12-15)22-29(26,27)17-10-11-18(21-14(3)24)19(13-17)28-4/h7-13,22H,5-6H2,1-4H3,(H,21,24). The summed E-state index contributed by atoms with van der Waals surface area (Å²) in [7, 11) is -2.55. The van der Waals surface area contributed by atoms with Gasteiger partial charge in [0.25, 0.3) is 15.9 Å². The van der Waals surface area contributed by atoms with Crippen LogP contribution in [0.1, 0.15) is 31.1 Å². The van der Waals surface area contributed by atoms with Crippen molar-refractivity contribution < 1.29 is 22.7 Å². The molecule has 0 saturated carbocycles. The Hall–Kier alpha value is -3.07. The molecule has 2 aromatic rings. The van der Waals surface area contributed by atoms with E-state index in [1.165, 1.54) is 38.3 Å². The van der Waals surface area contributed by atoms with E-state index in [-0.39, 0.29) is 28.1 Å². The van der Waals surface area contributed by atoms with E-state index in [0.29, 0.717) is 24.3 Å². The number of anilines is 2. The van der Waals surface area contributed by atoms with E-state index in [1.54, 1.807) is 23.1 Å². The van der Waals surface area contributed by atoms with Gasteiger partial charge < -0.3 is 15.0 Å². The number of sulfonamides is 1. The second kappa shape index (κ2) is 9.42. The Bertz CT molecular complexity index is 1000. The molecule has 9 heteroatoms. The van der Waals surface area contributed by atoms with Gasteiger partial charge in [0, 0.05) is 37.3 Å². The van der Waals surface area contributed by atoms with E-state index in [1.807, 2.05) is 13.8 Å². The molecule has 0 heterocycles. The predicted octanol–water partition coefficient (Wildman–Crippen LogP) is 2.94. The highest BCUT2D eigenvalue weighted by molar-refractivity contribution is 7.92. The van der Waals surface area contributed by atoms with Gasteiger partial charge in [-0.05, 0) is 44.2 Å². The van der Waals surface area contributed by atoms with Crippen molar-refractivity contribution in [1.29, 1.82) is 0 Å². The first-order chi connectivity index (χ1) is 13.7. The van der Waals surface area contributed by atoms with Crippen molar-refractivity contribution in [3.8, 4) is 5.75 Å². The molecule has 0 fully saturated rings. The maximum absolute atomic E-state index is 12.8. The third-order valence-corrected chi connectivity index (χ3v) is 5.59. The van der Waals surface area contributed by atoms with Crippen LogP contribution in [0.25, 0.3) is 0 Å². The van der Waals surface area contributed by atoms with Gasteiger partial charge >= 0.3 is 0 Å². The second-order valence-electron chi connectivity index (χ2n) is 6.21. The van der Waals surface area contributed by atoms with Gasteiger partial charge in [0.1, 0.15) is 5.75 Å². The number of benzene rings is 2. The summed E-state index contributed by atoms with van der Waals surface area (Å²) in [6, 6.07) is 10.5. The Labute approximate surface area is 170 Å². The summed E-state index contributed by atoms with van der Waals surface area (Å²) in [5.41, 5.74) is 1.03. The molecule has 0 aromatic heterocycles. The molecule has 2 rings (SSSR count). The maximum atomic E-state index is 12.8. The number of methoxy groups -OCH3 is 1. The van der Waals surface area contributed by atoms with Gasteiger partial charge in [0.2, 0.25) is 5.91 Å². The van der Waals surface area contributed by atoms with E-state index in [4.69, 9.17) is 4.74 Å². The molecule has 2 N–H and O–H groups in total. The minimum Gasteiger partial charge on any atom is -0.495 e. The zero-order valence-electron chi connectivity index (χ0n) is 16.9. The van der Waals surface area contributed by atoms with Gasteiger partial charge in [0.05, 0.1) is 17.7 Å². The van der Waals surface area contributed by atoms with Crippen molar-refractivity contribution in [2.24, 2.45) is 0 Å². The number of nitrogens with zero attached hydrogens (tertiary/aromatic N) is 1. The van der Waals surface area contributed by atoms with E-state index < -0.39 is 10.0 Å². The summed E-state index contributed by atoms with van der Waals surface area (Å²) in [5.74, 6) is -0.252. The van der Waals surface area contributed by atoms with Crippen molar-refractivity contribution in [3.05, 3.63) is 48.0 Å². The third-order valence-electron chi connectivity index (χ3n) is 4.21. The highest BCUT2D eigenvalue weighted by atomic mass is 32.2. The molecule has 0 radical (unpaired) electrons. The average Bonchev–Trinajstić information content (AvgIpc) is 2.68. The lowest BCUT2D eigenvalue weighted by molar-refractivity contribution is -0.114. The smallest absolute Gasteiger partial charge is 0.262 e. The van der Waals surface area contributed by atoms with Crippen LogP contribution in [0, 0.1) is 0 Å². The van der Waals surface area contributed by atoms with E-state index in [2.05, 4.69) is 10.0 Å². The molecule has 2 amide bonds. The Balaban J connectivity index is 2.31. The zero-order valence-corrected chi connectivity index (χ0v) is 17.7. The van der Waals surface area contributed by atoms with Crippen molar-refractivity contribution in [3.63, 3.8) is 0 Å². The fourth-order valence-electron chi connectivity index (χ4n) is 2.75. The van der Waals surface area contributed by atoms with Crippen LogP contribution in [0.3, 0.4) is 0 Å². The predicted molar refractivity (Wildman–Crippen MR) is 112 cm³/mol. The van der Waals surface area contributed by atoms with Gasteiger partial charge in [-0.15, -0.1) is 0 Å². The van der Waals surface area contributed by atoms with E-state index in [0.717, 1.165) is 0 Å². The van der Waals surface area contributed by atoms with Crippen molar-refractivity contribution >= 4 is 33.2 Å². The Morgan fingerprint density at radius 1 is 1.07 bits per heavy atom. The molecule has 0 aliphatic carbocycles. The van der Waals surface area contributed by atoms with Crippen molar-refractivity contribution in [1.82, 2.24) is 4.90 Å². The molecule has 8 nitrogen and oxygen atoms in total. The zero-order chi connectivity index (χ0) is 21.6. The largest absolute Gasteiger partial charge is 0.495 e. The fourth-order valence-corrected chi connectivity index (χ4v) is 3.82. The molecule has 2 aromatic carbocycles. The lowest BCUT2D eigenvalue weighted by Gasteiger charge is -2.19. The molecule has 156 valence electrons. The molecule has 29 heavy (non-hydrogen) atoms. The quantitative estimate of drug-likeness (QED) is 0.684. The van der Waals surface area contributed by atoms with Crippen LogP contribution < -0.4 is 14.8 Å². The minimum absolute atomic E-state index is 0.0380. The highest BCUT2D eigenvalue weighted by Crippen LogP contribution is 2.28. The number of amides is 2. The number of hydrogen-bond donors (Lipinski definition) is 2. The fraction of sp³-hybridized carbons (Fsp3) is 0.300. The molecule has 0 unspecified atom stereocenters. The first-order valence-electron chi connectivity index (χ1n) is 9.09. The summed E-state index contributed by atoms with van der Waals surface area (Å²) < 4.78 is 33.2. The molecular formula is C20H25N3O5S. The van der Waals surface area contributed by atoms with Crippen molar-refractivity contribution in [2.75, 3.05) is 30.2 Å². The van der Waals surface area contributed by atoms with Crippen molar-refractivity contribution in [2.45, 2.75) is 25.7 Å². The summed E-state index contributed by atoms with van der Waals surface area (Å²) in [5, 5.41) is 2.57. The van der Waals surface area contributed by atoms with Crippen LogP contribution in [-0.4, -0.2) is 45.3 Å². The molecule has 0 aliphatic heterocycles. The molecular weight excluding hydrogens is 394 g/mol. The molecule has 0 atom stereocenters. The van der Waals surface area contributed by atoms with Crippen LogP contribution in [0.2, 0.25) is 0 Å². The first-order valence-corrected chi connectivity index (χ1v) is 10.6. The number of carbonyl (C=O) groups is 2. The number of ether oxygens (including phenoxy) is 1. The molecule has 0 bridgehead atoms. The number of rotatable bonds is 8. The van der Waals surface area contributed by atoms with Crippen LogP contribution in [0.5, 0.6) is 5.75 Å². The lowest BCUT2D eigenvalue weighted by Crippen LogP contribution is -2.30. The summed E-state index contributed by atoms with van der Waals surface area (Å²) in [6.07, 6.45) is 0. The number of hydrogen-bond acceptors (Lipinski definition) is 5. The number of carbonyl (C=O) groups excluding carboxylic acids is 2. The lowest BCUT2D eigenvalue weighted by atomic mass is 10.2. The normalized spacial score (nSPS) is 10.9. The summed E-state index contributed by atoms with van der Waals surface area (Å²) >= 11 is 0. The molecule has 0 aliphatic rings. The SMILES string of the molecule is CCN(CC)C(=O)c1cccc(NS(=O)(=O)c2ccc(NC(C)=O)c(OC)c2)c1. The van der Waals surface area contributed by atoms with Gasteiger partial charge in [-0.2, -0.15) is 0 Å². The van der Waals surface area contributed by atoms with E-state index >= 15 is 0 Å². The third kappa shape index (κ3) is 5.47. The average molecular weight is 420 g/mol. The summed E-state index contributed by atoms with van der Waals surface area (Å²) in [6.45, 7) is 6.23. The monoisotopic (exact) mass is 419 g/mol. The first kappa shape index (κ1) is 22.2. The highest BCUT2D eigenvalue weighted by Gasteiger charge is 2.19. The minimum atomic E-state index is -3.93. The Kier molecular flexibility index (Phi) is 7.22. The Morgan fingerprint density at radius 2 is 1.76 bits per heavy atom. The Morgan fingerprint density at radius 3 is 2.34 bits per heavy atom. The van der Waals surface area contributed by atoms with Crippen LogP contribution in [0.15, 0.2) is 47.4 Å². The molecule has 0 saturated heterocycles. The van der Waals surface area contributed by atoms with E-state index in [9.17, 15) is 18.0 Å². The van der Waals surface area contributed by atoms with Gasteiger partial charge in [-0.3, -0.25) is 14.3 Å². The molecule has 0 spiro atoms. The van der Waals surface area contributed by atoms with Gasteiger partial charge in [-0.1, -0.05) is 6.07 Å².